The molecule has 0 N–H and O–H groups in total. The lowest BCUT2D eigenvalue weighted by Gasteiger charge is -2.10. The van der Waals surface area contributed by atoms with Crippen LogP contribution in [-0.4, -0.2) is 24.2 Å². The standard InChI is InChI=1S/C20H16FN3O2/c1-25-18-6-4-13(10-19(18)26-2)11-20-23-8-7-17(24-20)15-9-14(12-22)3-5-16(15)21/h3-10H,11H2,1-2H3. The Labute approximate surface area is 150 Å². The van der Waals surface area contributed by atoms with Crippen LogP contribution in [0.1, 0.15) is 17.0 Å². The Morgan fingerprint density at radius 1 is 1.04 bits per heavy atom. The molecule has 0 amide bonds. The van der Waals surface area contributed by atoms with Crippen LogP contribution in [0.4, 0.5) is 4.39 Å². The summed E-state index contributed by atoms with van der Waals surface area (Å²) in [4.78, 5) is 8.70. The van der Waals surface area contributed by atoms with Crippen molar-refractivity contribution in [2.24, 2.45) is 0 Å². The molecule has 3 rings (SSSR count). The van der Waals surface area contributed by atoms with Crippen molar-refractivity contribution in [2.75, 3.05) is 14.2 Å². The lowest BCUT2D eigenvalue weighted by atomic mass is 10.1. The highest BCUT2D eigenvalue weighted by molar-refractivity contribution is 5.62. The Balaban J connectivity index is 1.92. The second-order valence-corrected chi connectivity index (χ2v) is 5.53. The number of hydrogen-bond acceptors (Lipinski definition) is 5. The topological polar surface area (TPSA) is 68.0 Å². The van der Waals surface area contributed by atoms with Crippen molar-refractivity contribution in [1.82, 2.24) is 9.97 Å². The van der Waals surface area contributed by atoms with Crippen LogP contribution in [-0.2, 0) is 6.42 Å². The van der Waals surface area contributed by atoms with E-state index in [1.54, 1.807) is 26.5 Å². The van der Waals surface area contributed by atoms with E-state index >= 15 is 0 Å². The average Bonchev–Trinajstić information content (AvgIpc) is 2.68. The van der Waals surface area contributed by atoms with Crippen LogP contribution in [0.3, 0.4) is 0 Å². The molecule has 0 fully saturated rings. The highest BCUT2D eigenvalue weighted by Gasteiger charge is 2.11. The van der Waals surface area contributed by atoms with Gasteiger partial charge in [-0.05, 0) is 42.0 Å². The number of nitriles is 1. The molecule has 6 heteroatoms. The fourth-order valence-electron chi connectivity index (χ4n) is 2.60. The molecule has 0 saturated carbocycles. The van der Waals surface area contributed by atoms with Crippen molar-refractivity contribution in [1.29, 1.82) is 5.26 Å². The summed E-state index contributed by atoms with van der Waals surface area (Å²) in [7, 11) is 3.15. The van der Waals surface area contributed by atoms with Crippen molar-refractivity contribution in [3.05, 3.63) is 71.4 Å². The second-order valence-electron chi connectivity index (χ2n) is 5.53. The highest BCUT2D eigenvalue weighted by Crippen LogP contribution is 2.28. The Morgan fingerprint density at radius 3 is 2.58 bits per heavy atom. The zero-order valence-electron chi connectivity index (χ0n) is 14.4. The van der Waals surface area contributed by atoms with Gasteiger partial charge in [0.05, 0.1) is 31.5 Å². The third-order valence-corrected chi connectivity index (χ3v) is 3.89. The van der Waals surface area contributed by atoms with E-state index in [1.165, 1.54) is 18.2 Å². The van der Waals surface area contributed by atoms with Crippen LogP contribution in [0.25, 0.3) is 11.3 Å². The lowest BCUT2D eigenvalue weighted by Crippen LogP contribution is -2.00. The quantitative estimate of drug-likeness (QED) is 0.701. The fraction of sp³-hybridized carbons (Fsp3) is 0.150. The molecular weight excluding hydrogens is 333 g/mol. The van der Waals surface area contributed by atoms with E-state index in [-0.39, 0.29) is 5.56 Å². The third-order valence-electron chi connectivity index (χ3n) is 3.89. The van der Waals surface area contributed by atoms with Gasteiger partial charge < -0.3 is 9.47 Å². The smallest absolute Gasteiger partial charge is 0.161 e. The highest BCUT2D eigenvalue weighted by atomic mass is 19.1. The maximum Gasteiger partial charge on any atom is 0.161 e. The molecule has 0 bridgehead atoms. The van der Waals surface area contributed by atoms with E-state index in [4.69, 9.17) is 14.7 Å². The van der Waals surface area contributed by atoms with Gasteiger partial charge in [-0.1, -0.05) is 6.07 Å². The molecule has 0 aliphatic carbocycles. The first-order chi connectivity index (χ1) is 12.6. The van der Waals surface area contributed by atoms with E-state index < -0.39 is 5.82 Å². The second kappa shape index (κ2) is 7.62. The molecule has 1 aromatic heterocycles. The average molecular weight is 349 g/mol. The first-order valence-electron chi connectivity index (χ1n) is 7.87. The number of ether oxygens (including phenoxy) is 2. The van der Waals surface area contributed by atoms with Gasteiger partial charge in [0.2, 0.25) is 0 Å². The summed E-state index contributed by atoms with van der Waals surface area (Å²) in [6, 6.07) is 13.4. The van der Waals surface area contributed by atoms with Gasteiger partial charge in [0.25, 0.3) is 0 Å². The van der Waals surface area contributed by atoms with Crippen LogP contribution in [0.15, 0.2) is 48.7 Å². The van der Waals surface area contributed by atoms with Gasteiger partial charge in [-0.3, -0.25) is 0 Å². The summed E-state index contributed by atoms with van der Waals surface area (Å²) in [6.07, 6.45) is 2.03. The molecule has 2 aromatic carbocycles. The molecule has 0 saturated heterocycles. The van der Waals surface area contributed by atoms with Crippen LogP contribution in [0, 0.1) is 17.1 Å². The molecule has 26 heavy (non-hydrogen) atoms. The molecule has 0 aliphatic heterocycles. The van der Waals surface area contributed by atoms with Crippen molar-refractivity contribution in [3.8, 4) is 28.8 Å². The molecule has 3 aromatic rings. The maximum atomic E-state index is 14.1. The zero-order valence-corrected chi connectivity index (χ0v) is 14.4. The van der Waals surface area contributed by atoms with Gasteiger partial charge in [0, 0.05) is 18.2 Å². The minimum atomic E-state index is -0.431. The summed E-state index contributed by atoms with van der Waals surface area (Å²) < 4.78 is 24.7. The van der Waals surface area contributed by atoms with Gasteiger partial charge >= 0.3 is 0 Å². The minimum Gasteiger partial charge on any atom is -0.493 e. The van der Waals surface area contributed by atoms with Gasteiger partial charge in [-0.2, -0.15) is 5.26 Å². The molecule has 130 valence electrons. The number of halogens is 1. The molecule has 0 spiro atoms. The minimum absolute atomic E-state index is 0.278. The Hall–Kier alpha value is -3.46. The fourth-order valence-corrected chi connectivity index (χ4v) is 2.60. The molecule has 0 unspecified atom stereocenters. The van der Waals surface area contributed by atoms with Gasteiger partial charge in [-0.15, -0.1) is 0 Å². The van der Waals surface area contributed by atoms with Gasteiger partial charge in [-0.25, -0.2) is 14.4 Å². The molecular formula is C20H16FN3O2. The van der Waals surface area contributed by atoms with E-state index in [9.17, 15) is 4.39 Å². The number of methoxy groups -OCH3 is 2. The van der Waals surface area contributed by atoms with E-state index in [0.29, 0.717) is 35.0 Å². The molecule has 5 nitrogen and oxygen atoms in total. The van der Waals surface area contributed by atoms with Crippen LogP contribution in [0.5, 0.6) is 11.5 Å². The normalized spacial score (nSPS) is 10.2. The summed E-state index contributed by atoms with van der Waals surface area (Å²) in [6.45, 7) is 0. The van der Waals surface area contributed by atoms with E-state index in [2.05, 4.69) is 9.97 Å². The van der Waals surface area contributed by atoms with Crippen molar-refractivity contribution in [2.45, 2.75) is 6.42 Å². The van der Waals surface area contributed by atoms with Gasteiger partial charge in [0.1, 0.15) is 11.6 Å². The van der Waals surface area contributed by atoms with E-state index in [1.807, 2.05) is 24.3 Å². The number of benzene rings is 2. The molecule has 0 aliphatic rings. The Bertz CT molecular complexity index is 983. The van der Waals surface area contributed by atoms with Crippen molar-refractivity contribution in [3.63, 3.8) is 0 Å². The maximum absolute atomic E-state index is 14.1. The molecule has 0 radical (unpaired) electrons. The lowest BCUT2D eigenvalue weighted by molar-refractivity contribution is 0.354. The number of hydrogen-bond donors (Lipinski definition) is 0. The SMILES string of the molecule is COc1ccc(Cc2nccc(-c3cc(C#N)ccc3F)n2)cc1OC. The number of nitrogens with zero attached hydrogens (tertiary/aromatic N) is 3. The van der Waals surface area contributed by atoms with Crippen molar-refractivity contribution < 1.29 is 13.9 Å². The van der Waals surface area contributed by atoms with Crippen LogP contribution in [0.2, 0.25) is 0 Å². The number of aromatic nitrogens is 2. The van der Waals surface area contributed by atoms with Crippen LogP contribution >= 0.6 is 0 Å². The summed E-state index contributed by atoms with van der Waals surface area (Å²) in [5.41, 5.74) is 2.03. The third kappa shape index (κ3) is 3.62. The predicted octanol–water partition coefficient (Wildman–Crippen LogP) is 3.76. The molecule has 0 atom stereocenters. The summed E-state index contributed by atoms with van der Waals surface area (Å²) in [5, 5.41) is 9.01. The van der Waals surface area contributed by atoms with Gasteiger partial charge in [0.15, 0.2) is 11.5 Å². The van der Waals surface area contributed by atoms with E-state index in [0.717, 1.165) is 5.56 Å². The first-order valence-corrected chi connectivity index (χ1v) is 7.87. The number of rotatable bonds is 5. The summed E-state index contributed by atoms with van der Waals surface area (Å²) in [5.74, 6) is 1.37. The Kier molecular flexibility index (Phi) is 5.09. The largest absolute Gasteiger partial charge is 0.493 e. The van der Waals surface area contributed by atoms with Crippen LogP contribution < -0.4 is 9.47 Å². The zero-order chi connectivity index (χ0) is 18.5. The predicted molar refractivity (Wildman–Crippen MR) is 94.5 cm³/mol. The first kappa shape index (κ1) is 17.4. The van der Waals surface area contributed by atoms with Crippen molar-refractivity contribution >= 4 is 0 Å². The Morgan fingerprint density at radius 2 is 1.85 bits per heavy atom. The molecule has 1 heterocycles. The summed E-state index contributed by atoms with van der Waals surface area (Å²) >= 11 is 0. The monoisotopic (exact) mass is 349 g/mol.